The summed E-state index contributed by atoms with van der Waals surface area (Å²) in [6.07, 6.45) is 1.22. The Bertz CT molecular complexity index is 590. The Labute approximate surface area is 130 Å². The van der Waals surface area contributed by atoms with Crippen molar-refractivity contribution >= 4 is 17.7 Å². The summed E-state index contributed by atoms with van der Waals surface area (Å²) in [5, 5.41) is 0. The van der Waals surface area contributed by atoms with Crippen molar-refractivity contribution in [2.75, 3.05) is 0 Å². The van der Waals surface area contributed by atoms with Crippen molar-refractivity contribution in [1.29, 1.82) is 0 Å². The molecule has 2 fully saturated rings. The number of carbonyl (C=O) groups is 3. The Kier molecular flexibility index (Phi) is 3.42. The molecule has 3 rings (SSSR count). The Morgan fingerprint density at radius 1 is 1.32 bits per heavy atom. The molecular weight excluding hydrogens is 284 g/mol. The van der Waals surface area contributed by atoms with Crippen LogP contribution in [0.15, 0.2) is 11.1 Å². The second kappa shape index (κ2) is 4.93. The number of ether oxygens (including phenoxy) is 2. The van der Waals surface area contributed by atoms with E-state index < -0.39 is 5.60 Å². The van der Waals surface area contributed by atoms with Crippen molar-refractivity contribution in [3.63, 3.8) is 0 Å². The van der Waals surface area contributed by atoms with Gasteiger partial charge in [-0.2, -0.15) is 0 Å². The zero-order valence-electron chi connectivity index (χ0n) is 13.5. The van der Waals surface area contributed by atoms with Gasteiger partial charge in [0.15, 0.2) is 0 Å². The lowest BCUT2D eigenvalue weighted by atomic mass is 9.77. The van der Waals surface area contributed by atoms with Crippen molar-refractivity contribution in [1.82, 2.24) is 0 Å². The van der Waals surface area contributed by atoms with Crippen molar-refractivity contribution in [2.45, 2.75) is 58.7 Å². The summed E-state index contributed by atoms with van der Waals surface area (Å²) in [7, 11) is 0. The fourth-order valence-electron chi connectivity index (χ4n) is 4.46. The number of carbonyl (C=O) groups excluding carboxylic acids is 3. The van der Waals surface area contributed by atoms with Gasteiger partial charge in [0.2, 0.25) is 0 Å². The van der Waals surface area contributed by atoms with E-state index in [1.54, 1.807) is 6.92 Å². The number of Topliss-reactive ketones (excluding diaryl/α,β-unsaturated/α-hetero) is 1. The number of hydrogen-bond acceptors (Lipinski definition) is 5. The van der Waals surface area contributed by atoms with Crippen LogP contribution in [0.1, 0.15) is 47.0 Å². The molecule has 5 heteroatoms. The smallest absolute Gasteiger partial charge is 0.334 e. The molecule has 0 radical (unpaired) electrons. The van der Waals surface area contributed by atoms with Crippen molar-refractivity contribution < 1.29 is 23.9 Å². The van der Waals surface area contributed by atoms with Gasteiger partial charge in [0.25, 0.3) is 0 Å². The van der Waals surface area contributed by atoms with Gasteiger partial charge in [-0.25, -0.2) is 4.79 Å². The fourth-order valence-corrected chi connectivity index (χ4v) is 4.46. The van der Waals surface area contributed by atoms with Gasteiger partial charge in [-0.3, -0.25) is 9.59 Å². The van der Waals surface area contributed by atoms with E-state index in [1.165, 1.54) is 6.92 Å². The molecule has 0 unspecified atom stereocenters. The van der Waals surface area contributed by atoms with Crippen LogP contribution in [0.5, 0.6) is 0 Å². The van der Waals surface area contributed by atoms with Gasteiger partial charge in [-0.1, -0.05) is 6.92 Å². The molecule has 22 heavy (non-hydrogen) atoms. The van der Waals surface area contributed by atoms with E-state index in [1.807, 2.05) is 13.8 Å². The molecule has 0 aromatic carbocycles. The first kappa shape index (κ1) is 15.3. The highest BCUT2D eigenvalue weighted by Crippen LogP contribution is 2.52. The second-order valence-electron chi connectivity index (χ2n) is 7.09. The SMILES string of the molecule is CC(=O)O[C@]1(C)C[C@@H]2OC(=O)C(C)=C2C[C@@H]2[C@H]1CC(=O)[C@@H]2C. The average Bonchev–Trinajstić information content (AvgIpc) is 2.78. The molecule has 5 atom stereocenters. The highest BCUT2D eigenvalue weighted by Gasteiger charge is 2.56. The van der Waals surface area contributed by atoms with Crippen LogP contribution in [0, 0.1) is 17.8 Å². The van der Waals surface area contributed by atoms with E-state index in [-0.39, 0.29) is 41.6 Å². The summed E-state index contributed by atoms with van der Waals surface area (Å²) in [6.45, 7) is 6.98. The number of rotatable bonds is 1. The molecule has 2 aliphatic carbocycles. The Balaban J connectivity index is 2.04. The van der Waals surface area contributed by atoms with Crippen LogP contribution >= 0.6 is 0 Å². The molecule has 0 aromatic heterocycles. The Hall–Kier alpha value is -1.65. The lowest BCUT2D eigenvalue weighted by Crippen LogP contribution is -2.42. The number of esters is 2. The Morgan fingerprint density at radius 3 is 2.64 bits per heavy atom. The maximum Gasteiger partial charge on any atom is 0.334 e. The van der Waals surface area contributed by atoms with Crippen molar-refractivity contribution in [2.24, 2.45) is 17.8 Å². The van der Waals surface area contributed by atoms with Gasteiger partial charge in [0.1, 0.15) is 17.5 Å². The maximum absolute atomic E-state index is 12.2. The predicted octanol–water partition coefficient (Wildman–Crippen LogP) is 2.19. The monoisotopic (exact) mass is 306 g/mol. The lowest BCUT2D eigenvalue weighted by molar-refractivity contribution is -0.167. The van der Waals surface area contributed by atoms with E-state index in [2.05, 4.69) is 0 Å². The third kappa shape index (κ3) is 2.18. The van der Waals surface area contributed by atoms with Crippen LogP contribution in [-0.2, 0) is 23.9 Å². The minimum atomic E-state index is -0.770. The summed E-state index contributed by atoms with van der Waals surface area (Å²) in [5.74, 6) is -0.419. The largest absolute Gasteiger partial charge is 0.459 e. The van der Waals surface area contributed by atoms with Crippen LogP contribution in [-0.4, -0.2) is 29.4 Å². The zero-order chi connectivity index (χ0) is 16.2. The third-order valence-corrected chi connectivity index (χ3v) is 5.72. The minimum Gasteiger partial charge on any atom is -0.459 e. The second-order valence-corrected chi connectivity index (χ2v) is 7.09. The number of ketones is 1. The molecular formula is C17H22O5. The van der Waals surface area contributed by atoms with Gasteiger partial charge in [-0.15, -0.1) is 0 Å². The molecule has 0 spiro atoms. The van der Waals surface area contributed by atoms with Crippen LogP contribution < -0.4 is 0 Å². The molecule has 1 aliphatic heterocycles. The molecule has 0 amide bonds. The van der Waals surface area contributed by atoms with Crippen molar-refractivity contribution in [3.05, 3.63) is 11.1 Å². The van der Waals surface area contributed by atoms with Crippen LogP contribution in [0.25, 0.3) is 0 Å². The van der Waals surface area contributed by atoms with Crippen LogP contribution in [0.3, 0.4) is 0 Å². The molecule has 0 saturated heterocycles. The summed E-state index contributed by atoms with van der Waals surface area (Å²) in [5.41, 5.74) is 0.869. The zero-order valence-corrected chi connectivity index (χ0v) is 13.5. The molecule has 0 bridgehead atoms. The van der Waals surface area contributed by atoms with Crippen LogP contribution in [0.2, 0.25) is 0 Å². The highest BCUT2D eigenvalue weighted by atomic mass is 16.6. The first-order valence-corrected chi connectivity index (χ1v) is 7.86. The molecule has 5 nitrogen and oxygen atoms in total. The summed E-state index contributed by atoms with van der Waals surface area (Å²) >= 11 is 0. The highest BCUT2D eigenvalue weighted by molar-refractivity contribution is 5.92. The molecule has 2 saturated carbocycles. The number of hydrogen-bond donors (Lipinski definition) is 0. The average molecular weight is 306 g/mol. The minimum absolute atomic E-state index is 0.0106. The molecule has 0 N–H and O–H groups in total. The number of fused-ring (bicyclic) bond motifs is 2. The summed E-state index contributed by atoms with van der Waals surface area (Å²) in [6, 6.07) is 0. The molecule has 120 valence electrons. The fraction of sp³-hybridized carbons (Fsp3) is 0.706. The standard InChI is InChI=1S/C17H22O5/c1-8-11-5-12-9(2)16(20)21-15(12)7-17(4,22-10(3)18)13(11)6-14(8)19/h8,11,13,15H,5-7H2,1-4H3/t8-,11+,13-,15+,17-/m1/s1. The lowest BCUT2D eigenvalue weighted by Gasteiger charge is -2.37. The first-order valence-electron chi connectivity index (χ1n) is 7.86. The van der Waals surface area contributed by atoms with E-state index in [9.17, 15) is 14.4 Å². The third-order valence-electron chi connectivity index (χ3n) is 5.72. The van der Waals surface area contributed by atoms with E-state index in [0.717, 1.165) is 5.57 Å². The van der Waals surface area contributed by atoms with E-state index in [4.69, 9.17) is 9.47 Å². The Morgan fingerprint density at radius 2 is 2.00 bits per heavy atom. The molecule has 1 heterocycles. The topological polar surface area (TPSA) is 69.7 Å². The normalized spacial score (nSPS) is 40.9. The molecule has 0 aromatic rings. The van der Waals surface area contributed by atoms with E-state index >= 15 is 0 Å². The van der Waals surface area contributed by atoms with Gasteiger partial charge < -0.3 is 9.47 Å². The predicted molar refractivity (Wildman–Crippen MR) is 77.8 cm³/mol. The molecule has 3 aliphatic rings. The van der Waals surface area contributed by atoms with Crippen molar-refractivity contribution in [3.8, 4) is 0 Å². The van der Waals surface area contributed by atoms with E-state index in [0.29, 0.717) is 24.8 Å². The first-order chi connectivity index (χ1) is 10.2. The summed E-state index contributed by atoms with van der Waals surface area (Å²) in [4.78, 5) is 35.7. The van der Waals surface area contributed by atoms with Gasteiger partial charge in [0.05, 0.1) is 0 Å². The van der Waals surface area contributed by atoms with Gasteiger partial charge in [0, 0.05) is 37.2 Å². The maximum atomic E-state index is 12.2. The van der Waals surface area contributed by atoms with Gasteiger partial charge >= 0.3 is 11.9 Å². The van der Waals surface area contributed by atoms with Crippen LogP contribution in [0.4, 0.5) is 0 Å². The van der Waals surface area contributed by atoms with Gasteiger partial charge in [-0.05, 0) is 31.8 Å². The quantitative estimate of drug-likeness (QED) is 0.695. The summed E-state index contributed by atoms with van der Waals surface area (Å²) < 4.78 is 11.1.